The summed E-state index contributed by atoms with van der Waals surface area (Å²) in [6.45, 7) is 1.96. The van der Waals surface area contributed by atoms with E-state index in [1.54, 1.807) is 4.52 Å². The summed E-state index contributed by atoms with van der Waals surface area (Å²) in [4.78, 5) is 8.48. The molecule has 4 N–H and O–H groups in total. The summed E-state index contributed by atoms with van der Waals surface area (Å²) < 4.78 is 8.34. The number of rotatable bonds is 9. The topological polar surface area (TPSA) is 110 Å². The Morgan fingerprint density at radius 3 is 2.69 bits per heavy atom. The van der Waals surface area contributed by atoms with E-state index in [0.717, 1.165) is 25.1 Å². The second-order valence-corrected chi connectivity index (χ2v) is 6.53. The molecule has 0 fully saturated rings. The number of nitrogens with zero attached hydrogens (tertiary/aromatic N) is 3. The Morgan fingerprint density at radius 1 is 1.34 bits per heavy atom. The van der Waals surface area contributed by atoms with Crippen LogP contribution in [0.25, 0.3) is 0 Å². The van der Waals surface area contributed by atoms with Crippen molar-refractivity contribution >= 4 is 35.3 Å². The van der Waals surface area contributed by atoms with Gasteiger partial charge in [-0.25, -0.2) is 0 Å². The first-order valence-electron chi connectivity index (χ1n) is 8.47. The van der Waals surface area contributed by atoms with Crippen LogP contribution < -0.4 is 10.1 Å². The van der Waals surface area contributed by atoms with Crippen LogP contribution in [-0.2, 0) is 19.4 Å². The van der Waals surface area contributed by atoms with Gasteiger partial charge in [-0.15, -0.1) is 0 Å². The summed E-state index contributed by atoms with van der Waals surface area (Å²) in [5.74, 6) is -0.0536. The molecule has 1 rings (SSSR count). The van der Waals surface area contributed by atoms with Crippen LogP contribution in [-0.4, -0.2) is 50.2 Å². The molecule has 0 bridgehead atoms. The van der Waals surface area contributed by atoms with Crippen molar-refractivity contribution in [3.05, 3.63) is 48.2 Å². The van der Waals surface area contributed by atoms with Crippen molar-refractivity contribution in [2.24, 2.45) is 9.98 Å². The van der Waals surface area contributed by atoms with Gasteiger partial charge in [0, 0.05) is 0 Å². The van der Waals surface area contributed by atoms with E-state index in [2.05, 4.69) is 28.1 Å². The van der Waals surface area contributed by atoms with Crippen molar-refractivity contribution in [1.29, 1.82) is 0 Å². The van der Waals surface area contributed by atoms with Crippen molar-refractivity contribution in [2.45, 2.75) is 13.3 Å². The van der Waals surface area contributed by atoms with Gasteiger partial charge in [-0.2, -0.15) is 0 Å². The molecule has 0 radical (unpaired) electrons. The molecule has 156 valence electrons. The molecule has 0 aliphatic heterocycles. The molecule has 1 aromatic rings. The number of aliphatic hydroxyl groups is 1. The van der Waals surface area contributed by atoms with Crippen molar-refractivity contribution in [3.63, 3.8) is 0 Å². The van der Waals surface area contributed by atoms with Crippen LogP contribution in [0.1, 0.15) is 13.3 Å². The first kappa shape index (κ1) is 24.7. The summed E-state index contributed by atoms with van der Waals surface area (Å²) in [5, 5.41) is 31.3. The Morgan fingerprint density at radius 2 is 2.07 bits per heavy atom. The summed E-state index contributed by atoms with van der Waals surface area (Å²) in [7, 11) is 1.44. The quantitative estimate of drug-likeness (QED) is 0.0759. The van der Waals surface area contributed by atoms with Gasteiger partial charge >= 0.3 is 187 Å². The predicted octanol–water partition coefficient (Wildman–Crippen LogP) is 2.75. The van der Waals surface area contributed by atoms with Gasteiger partial charge in [0.1, 0.15) is 0 Å². The number of guanidine groups is 1. The molecular weight excluding hydrogens is 564 g/mol. The number of ether oxygens (including phenoxy) is 1. The van der Waals surface area contributed by atoms with E-state index in [4.69, 9.17) is 9.84 Å². The fourth-order valence-corrected chi connectivity index (χ4v) is 2.49. The molecule has 29 heavy (non-hydrogen) atoms. The molecule has 1 aromatic carbocycles. The van der Waals surface area contributed by atoms with Gasteiger partial charge in [0.05, 0.1) is 0 Å². The molecule has 0 spiro atoms. The van der Waals surface area contributed by atoms with E-state index in [9.17, 15) is 10.2 Å². The number of aliphatic imine (C=N–C) groups is 2. The summed E-state index contributed by atoms with van der Waals surface area (Å²) >= 11 is 5.54. The number of phenolic OH excluding ortho intramolecular Hbond substituents is 2. The van der Waals surface area contributed by atoms with Crippen LogP contribution in [0.3, 0.4) is 0 Å². The van der Waals surface area contributed by atoms with Crippen LogP contribution in [0.5, 0.6) is 17.2 Å². The molecular formula is C19H24N4O4SW. The fourth-order valence-electron chi connectivity index (χ4n) is 1.95. The summed E-state index contributed by atoms with van der Waals surface area (Å²) in [6.07, 6.45) is 11.2. The number of hydrogen-bond donors (Lipinski definition) is 5. The van der Waals surface area contributed by atoms with E-state index in [1.807, 2.05) is 37.3 Å². The Bertz CT molecular complexity index is 838. The van der Waals surface area contributed by atoms with Gasteiger partial charge in [-0.3, -0.25) is 0 Å². The monoisotopic (exact) mass is 588 g/mol. The molecule has 0 atom stereocenters. The van der Waals surface area contributed by atoms with Crippen LogP contribution in [0.15, 0.2) is 58.2 Å². The Balaban J connectivity index is 3.09. The van der Waals surface area contributed by atoms with Crippen LogP contribution in [0, 0.1) is 0 Å². The third-order valence-electron chi connectivity index (χ3n) is 3.32. The Labute approximate surface area is 186 Å². The number of anilines is 1. The Hall–Kier alpha value is -2.35. The van der Waals surface area contributed by atoms with Gasteiger partial charge in [-0.05, 0) is 0 Å². The normalized spacial score (nSPS) is 12.8. The average Bonchev–Trinajstić information content (AvgIpc) is 2.71. The standard InChI is InChI=1S/C19H24N4O4S.W/c1-4-5-8-14(9-6-7-10-24)23(28)13-21-19(20-2)22-15-11-16(25)17(26)12-18(15)27-3;/h2,4-6,8-9,11-13,22,24-26,28H,7,10H2,1,3H3;/b5-4-,9-6-,14-8+,21-13?;. The van der Waals surface area contributed by atoms with Crippen LogP contribution in [0.2, 0.25) is 0 Å². The van der Waals surface area contributed by atoms with Gasteiger partial charge in [0.25, 0.3) is 0 Å². The van der Waals surface area contributed by atoms with Crippen LogP contribution >= 0.6 is 12.8 Å². The van der Waals surface area contributed by atoms with Gasteiger partial charge < -0.3 is 0 Å². The van der Waals surface area contributed by atoms with Gasteiger partial charge in [0.15, 0.2) is 0 Å². The number of methoxy groups -OCH3 is 1. The van der Waals surface area contributed by atoms with E-state index in [-0.39, 0.29) is 24.1 Å². The molecule has 10 heteroatoms. The zero-order valence-electron chi connectivity index (χ0n) is 16.1. The first-order valence-corrected chi connectivity index (χ1v) is 10.6. The van der Waals surface area contributed by atoms with E-state index in [0.29, 0.717) is 17.9 Å². The van der Waals surface area contributed by atoms with Gasteiger partial charge in [0.2, 0.25) is 0 Å². The number of aromatic hydroxyl groups is 2. The number of aliphatic hydroxyl groups excluding tert-OH is 1. The second-order valence-electron chi connectivity index (χ2n) is 5.35. The molecule has 0 amide bonds. The molecule has 0 aliphatic carbocycles. The van der Waals surface area contributed by atoms with E-state index in [1.165, 1.54) is 29.9 Å². The van der Waals surface area contributed by atoms with Crippen molar-refractivity contribution in [1.82, 2.24) is 4.31 Å². The van der Waals surface area contributed by atoms with E-state index >= 15 is 0 Å². The number of allylic oxidation sites excluding steroid dienone is 4. The second kappa shape index (κ2) is 13.8. The van der Waals surface area contributed by atoms with Crippen molar-refractivity contribution < 1.29 is 39.4 Å². The third-order valence-corrected chi connectivity index (χ3v) is 4.03. The number of phenols is 2. The minimum absolute atomic E-state index is 0.0603. The summed E-state index contributed by atoms with van der Waals surface area (Å²) in [6, 6.07) is 2.60. The van der Waals surface area contributed by atoms with Gasteiger partial charge in [-0.1, -0.05) is 0 Å². The predicted molar refractivity (Wildman–Crippen MR) is 117 cm³/mol. The third kappa shape index (κ3) is 8.68. The number of hydrogen-bond acceptors (Lipinski definition) is 6. The van der Waals surface area contributed by atoms with E-state index < -0.39 is 0 Å². The molecule has 0 aliphatic rings. The van der Waals surface area contributed by atoms with Crippen molar-refractivity contribution in [3.8, 4) is 17.2 Å². The molecule has 8 nitrogen and oxygen atoms in total. The molecule has 0 saturated heterocycles. The summed E-state index contributed by atoms with van der Waals surface area (Å²) in [5.41, 5.74) is 1.11. The molecule has 0 unspecified atom stereocenters. The number of nitrogens with one attached hydrogen (secondary N) is 1. The zero-order chi connectivity index (χ0) is 21.6. The minimum atomic E-state index is -0.302. The van der Waals surface area contributed by atoms with Crippen LogP contribution in [0.4, 0.5) is 5.69 Å². The maximum absolute atomic E-state index is 9.75. The molecule has 0 saturated carbocycles. The zero-order valence-corrected chi connectivity index (χ0v) is 19.9. The van der Waals surface area contributed by atoms with Crippen molar-refractivity contribution in [2.75, 3.05) is 19.0 Å². The Kier molecular flexibility index (Phi) is 11.7. The molecule has 0 aromatic heterocycles. The maximum atomic E-state index is 9.75. The number of thiol groups is 1. The average molecular weight is 588 g/mol. The SMILES string of the molecule is C\C=C/C=C(\C=C/CCO)N(S)C=NC(=N[CH]=[W])Nc1cc(O)c(O)cc1OC. The number of benzene rings is 1. The first-order chi connectivity index (χ1) is 14.0. The fraction of sp³-hybridized carbons (Fsp3) is 0.211. The molecule has 0 heterocycles.